The van der Waals surface area contributed by atoms with Gasteiger partial charge in [0, 0.05) is 32.0 Å². The monoisotopic (exact) mass is 317 g/mol. The van der Waals surface area contributed by atoms with E-state index in [1.54, 1.807) is 0 Å². The van der Waals surface area contributed by atoms with Crippen molar-refractivity contribution in [2.75, 3.05) is 26.2 Å². The summed E-state index contributed by atoms with van der Waals surface area (Å²) in [7, 11) is 0. The molecule has 2 aliphatic heterocycles. The normalized spacial score (nSPS) is 25.3. The number of rotatable bonds is 5. The number of piperidine rings is 1. The zero-order valence-electron chi connectivity index (χ0n) is 12.9. The molecule has 0 aromatic rings. The SMILES string of the molecule is CCC(=O)NC1CCCN(C(=O)CCC2CCNC2)C1.Cl. The first-order valence-electron chi connectivity index (χ1n) is 7.97. The number of amides is 2. The van der Waals surface area contributed by atoms with Crippen LogP contribution in [0.3, 0.4) is 0 Å². The van der Waals surface area contributed by atoms with Crippen LogP contribution in [0.25, 0.3) is 0 Å². The zero-order valence-corrected chi connectivity index (χ0v) is 13.7. The Morgan fingerprint density at radius 2 is 2.14 bits per heavy atom. The van der Waals surface area contributed by atoms with Crippen LogP contribution in [0.15, 0.2) is 0 Å². The first-order valence-corrected chi connectivity index (χ1v) is 7.97. The standard InChI is InChI=1S/C15H27N3O2.ClH/c1-2-14(19)17-13-4-3-9-18(11-13)15(20)6-5-12-7-8-16-10-12;/h12-13,16H,2-11H2,1H3,(H,17,19);1H. The van der Waals surface area contributed by atoms with Crippen molar-refractivity contribution in [3.8, 4) is 0 Å². The first kappa shape index (κ1) is 18.2. The molecule has 2 atom stereocenters. The van der Waals surface area contributed by atoms with E-state index in [1.807, 2.05) is 11.8 Å². The van der Waals surface area contributed by atoms with Crippen molar-refractivity contribution in [1.29, 1.82) is 0 Å². The molecule has 122 valence electrons. The second kappa shape index (κ2) is 9.26. The fourth-order valence-electron chi connectivity index (χ4n) is 3.10. The molecular weight excluding hydrogens is 290 g/mol. The average molecular weight is 318 g/mol. The van der Waals surface area contributed by atoms with Crippen LogP contribution < -0.4 is 10.6 Å². The third-order valence-electron chi connectivity index (χ3n) is 4.39. The van der Waals surface area contributed by atoms with Gasteiger partial charge in [0.1, 0.15) is 0 Å². The Labute approximate surface area is 133 Å². The van der Waals surface area contributed by atoms with Crippen LogP contribution in [0, 0.1) is 5.92 Å². The molecule has 2 heterocycles. The Balaban J connectivity index is 0.00000220. The highest BCUT2D eigenvalue weighted by Crippen LogP contribution is 2.17. The number of halogens is 1. The summed E-state index contributed by atoms with van der Waals surface area (Å²) in [5, 5.41) is 6.35. The number of nitrogens with zero attached hydrogens (tertiary/aromatic N) is 1. The van der Waals surface area contributed by atoms with Crippen LogP contribution in [0.4, 0.5) is 0 Å². The molecule has 0 saturated carbocycles. The molecule has 5 nitrogen and oxygen atoms in total. The van der Waals surface area contributed by atoms with Gasteiger partial charge in [-0.05, 0) is 44.7 Å². The summed E-state index contributed by atoms with van der Waals surface area (Å²) in [5.41, 5.74) is 0. The van der Waals surface area contributed by atoms with Crippen molar-refractivity contribution in [2.24, 2.45) is 5.92 Å². The van der Waals surface area contributed by atoms with Gasteiger partial charge in [-0.15, -0.1) is 12.4 Å². The predicted molar refractivity (Wildman–Crippen MR) is 85.5 cm³/mol. The summed E-state index contributed by atoms with van der Waals surface area (Å²) in [4.78, 5) is 25.6. The predicted octanol–water partition coefficient (Wildman–Crippen LogP) is 1.32. The molecule has 2 fully saturated rings. The van der Waals surface area contributed by atoms with E-state index in [2.05, 4.69) is 10.6 Å². The molecule has 2 N–H and O–H groups in total. The van der Waals surface area contributed by atoms with E-state index in [9.17, 15) is 9.59 Å². The van der Waals surface area contributed by atoms with Gasteiger partial charge in [-0.2, -0.15) is 0 Å². The van der Waals surface area contributed by atoms with Crippen LogP contribution >= 0.6 is 12.4 Å². The van der Waals surface area contributed by atoms with Crippen molar-refractivity contribution >= 4 is 24.2 Å². The zero-order chi connectivity index (χ0) is 14.4. The summed E-state index contributed by atoms with van der Waals surface area (Å²) in [6.45, 7) is 5.54. The second-order valence-corrected chi connectivity index (χ2v) is 6.00. The van der Waals surface area contributed by atoms with Gasteiger partial charge in [0.2, 0.25) is 11.8 Å². The topological polar surface area (TPSA) is 61.4 Å². The lowest BCUT2D eigenvalue weighted by Gasteiger charge is -2.33. The summed E-state index contributed by atoms with van der Waals surface area (Å²) < 4.78 is 0. The Hall–Kier alpha value is -0.810. The van der Waals surface area contributed by atoms with Gasteiger partial charge in [0.15, 0.2) is 0 Å². The van der Waals surface area contributed by atoms with Crippen LogP contribution in [0.2, 0.25) is 0 Å². The summed E-state index contributed by atoms with van der Waals surface area (Å²) >= 11 is 0. The van der Waals surface area contributed by atoms with Crippen molar-refractivity contribution in [2.45, 2.75) is 51.5 Å². The molecule has 0 radical (unpaired) electrons. The lowest BCUT2D eigenvalue weighted by molar-refractivity contribution is -0.133. The van der Waals surface area contributed by atoms with Crippen molar-refractivity contribution < 1.29 is 9.59 Å². The first-order chi connectivity index (χ1) is 9.69. The van der Waals surface area contributed by atoms with Gasteiger partial charge in [-0.25, -0.2) is 0 Å². The highest BCUT2D eigenvalue weighted by molar-refractivity contribution is 5.85. The number of likely N-dealkylation sites (tertiary alicyclic amines) is 1. The van der Waals surface area contributed by atoms with Gasteiger partial charge in [-0.3, -0.25) is 9.59 Å². The molecule has 2 amide bonds. The summed E-state index contributed by atoms with van der Waals surface area (Å²) in [6.07, 6.45) is 5.34. The largest absolute Gasteiger partial charge is 0.352 e. The number of carbonyl (C=O) groups is 2. The van der Waals surface area contributed by atoms with Gasteiger partial charge >= 0.3 is 0 Å². The summed E-state index contributed by atoms with van der Waals surface area (Å²) in [5.74, 6) is 1.01. The quantitative estimate of drug-likeness (QED) is 0.804. The third kappa shape index (κ3) is 5.83. The molecule has 2 rings (SSSR count). The Kier molecular flexibility index (Phi) is 8.04. The minimum Gasteiger partial charge on any atom is -0.352 e. The smallest absolute Gasteiger partial charge is 0.222 e. The fourth-order valence-corrected chi connectivity index (χ4v) is 3.10. The van der Waals surface area contributed by atoms with Gasteiger partial charge < -0.3 is 15.5 Å². The molecule has 2 saturated heterocycles. The molecule has 0 bridgehead atoms. The molecule has 0 aromatic carbocycles. The molecule has 21 heavy (non-hydrogen) atoms. The number of nitrogens with one attached hydrogen (secondary N) is 2. The molecule has 0 aromatic heterocycles. The highest BCUT2D eigenvalue weighted by Gasteiger charge is 2.25. The minimum atomic E-state index is 0. The van der Waals surface area contributed by atoms with E-state index < -0.39 is 0 Å². The van der Waals surface area contributed by atoms with E-state index in [4.69, 9.17) is 0 Å². The Morgan fingerprint density at radius 1 is 1.33 bits per heavy atom. The molecule has 2 unspecified atom stereocenters. The van der Waals surface area contributed by atoms with Gasteiger partial charge in [0.25, 0.3) is 0 Å². The van der Waals surface area contributed by atoms with Crippen molar-refractivity contribution in [3.63, 3.8) is 0 Å². The van der Waals surface area contributed by atoms with E-state index in [-0.39, 0.29) is 30.3 Å². The molecule has 0 aliphatic carbocycles. The lowest BCUT2D eigenvalue weighted by atomic mass is 10.0. The number of hydrogen-bond acceptors (Lipinski definition) is 3. The number of hydrogen-bond donors (Lipinski definition) is 2. The second-order valence-electron chi connectivity index (χ2n) is 6.00. The average Bonchev–Trinajstić information content (AvgIpc) is 2.98. The van der Waals surface area contributed by atoms with E-state index in [0.717, 1.165) is 38.9 Å². The molecular formula is C15H28ClN3O2. The van der Waals surface area contributed by atoms with Crippen LogP contribution in [-0.2, 0) is 9.59 Å². The minimum absolute atomic E-state index is 0. The molecule has 2 aliphatic rings. The molecule has 0 spiro atoms. The Morgan fingerprint density at radius 3 is 2.81 bits per heavy atom. The summed E-state index contributed by atoms with van der Waals surface area (Å²) in [6, 6.07) is 0.147. The fraction of sp³-hybridized carbons (Fsp3) is 0.867. The van der Waals surface area contributed by atoms with Gasteiger partial charge in [0.05, 0.1) is 0 Å². The van der Waals surface area contributed by atoms with E-state index in [1.165, 1.54) is 6.42 Å². The highest BCUT2D eigenvalue weighted by atomic mass is 35.5. The van der Waals surface area contributed by atoms with Crippen LogP contribution in [-0.4, -0.2) is 48.9 Å². The van der Waals surface area contributed by atoms with E-state index >= 15 is 0 Å². The van der Waals surface area contributed by atoms with Crippen LogP contribution in [0.5, 0.6) is 0 Å². The lowest BCUT2D eigenvalue weighted by Crippen LogP contribution is -2.49. The maximum atomic E-state index is 12.2. The van der Waals surface area contributed by atoms with Crippen molar-refractivity contribution in [1.82, 2.24) is 15.5 Å². The van der Waals surface area contributed by atoms with Crippen LogP contribution in [0.1, 0.15) is 45.4 Å². The molecule has 6 heteroatoms. The Bertz CT molecular complexity index is 346. The van der Waals surface area contributed by atoms with Crippen molar-refractivity contribution in [3.05, 3.63) is 0 Å². The van der Waals surface area contributed by atoms with Gasteiger partial charge in [-0.1, -0.05) is 6.92 Å². The number of carbonyl (C=O) groups excluding carboxylic acids is 2. The van der Waals surface area contributed by atoms with E-state index in [0.29, 0.717) is 25.3 Å². The maximum absolute atomic E-state index is 12.2. The third-order valence-corrected chi connectivity index (χ3v) is 4.39. The maximum Gasteiger partial charge on any atom is 0.222 e.